The molecule has 0 bridgehead atoms. The number of likely N-dealkylation sites (tertiary alicyclic amines) is 1. The van der Waals surface area contributed by atoms with Crippen LogP contribution < -0.4 is 4.57 Å². The van der Waals surface area contributed by atoms with Crippen molar-refractivity contribution < 1.29 is 14.1 Å². The van der Waals surface area contributed by atoms with Crippen molar-refractivity contribution in [1.29, 1.82) is 0 Å². The fraction of sp³-hybridized carbons (Fsp3) is 0.538. The minimum atomic E-state index is -0.221. The van der Waals surface area contributed by atoms with Crippen molar-refractivity contribution in [1.82, 2.24) is 4.90 Å². The van der Waals surface area contributed by atoms with Crippen LogP contribution in [-0.4, -0.2) is 37.1 Å². The van der Waals surface area contributed by atoms with Gasteiger partial charge in [0.2, 0.25) is 0 Å². The lowest BCUT2D eigenvalue weighted by Crippen LogP contribution is -2.38. The summed E-state index contributed by atoms with van der Waals surface area (Å²) in [6.45, 7) is 1.93. The molecule has 0 saturated carbocycles. The Balaban J connectivity index is 1.97. The molecule has 1 atom stereocenters. The van der Waals surface area contributed by atoms with Gasteiger partial charge in [-0.15, -0.1) is 0 Å². The Kier molecular flexibility index (Phi) is 3.74. The van der Waals surface area contributed by atoms with Crippen LogP contribution in [0.4, 0.5) is 0 Å². The average molecular weight is 235 g/mol. The molecule has 1 saturated heterocycles. The van der Waals surface area contributed by atoms with Crippen LogP contribution >= 0.6 is 0 Å². The van der Waals surface area contributed by atoms with Gasteiger partial charge in [-0.3, -0.25) is 0 Å². The topological polar surface area (TPSA) is 33.4 Å². The Morgan fingerprint density at radius 3 is 3.12 bits per heavy atom. The molecule has 0 aromatic carbocycles. The van der Waals surface area contributed by atoms with Gasteiger partial charge in [0.15, 0.2) is 12.4 Å². The van der Waals surface area contributed by atoms with E-state index < -0.39 is 0 Å². The van der Waals surface area contributed by atoms with Crippen LogP contribution in [-0.2, 0) is 11.8 Å². The van der Waals surface area contributed by atoms with Gasteiger partial charge in [-0.2, -0.15) is 0 Å². The van der Waals surface area contributed by atoms with E-state index >= 15 is 0 Å². The molecule has 1 aliphatic heterocycles. The van der Waals surface area contributed by atoms with Gasteiger partial charge >= 0.3 is 5.97 Å². The summed E-state index contributed by atoms with van der Waals surface area (Å²) in [6.07, 6.45) is 5.78. The molecule has 4 heteroatoms. The number of carbonyl (C=O) groups excluding carboxylic acids is 1. The highest BCUT2D eigenvalue weighted by molar-refractivity contribution is 5.88. The van der Waals surface area contributed by atoms with Crippen LogP contribution in [0.15, 0.2) is 24.5 Å². The van der Waals surface area contributed by atoms with E-state index in [0.717, 1.165) is 25.9 Å². The summed E-state index contributed by atoms with van der Waals surface area (Å²) in [5, 5.41) is 0. The molecular formula is C13H19N2O2+. The molecule has 0 N–H and O–H groups in total. The largest absolute Gasteiger partial charge is 0.457 e. The quantitative estimate of drug-likeness (QED) is 0.560. The lowest BCUT2D eigenvalue weighted by Gasteiger charge is -2.29. The molecule has 1 unspecified atom stereocenters. The maximum Gasteiger partial charge on any atom is 0.344 e. The zero-order valence-corrected chi connectivity index (χ0v) is 10.4. The van der Waals surface area contributed by atoms with Crippen LogP contribution in [0.1, 0.15) is 23.2 Å². The molecule has 0 aliphatic carbocycles. The Morgan fingerprint density at radius 2 is 2.41 bits per heavy atom. The summed E-state index contributed by atoms with van der Waals surface area (Å²) in [7, 11) is 3.95. The second-order valence-corrected chi connectivity index (χ2v) is 4.69. The smallest absolute Gasteiger partial charge is 0.344 e. The van der Waals surface area contributed by atoms with E-state index in [1.54, 1.807) is 12.3 Å². The fourth-order valence-electron chi connectivity index (χ4n) is 2.14. The molecule has 2 heterocycles. The predicted octanol–water partition coefficient (Wildman–Crippen LogP) is 0.762. The second kappa shape index (κ2) is 5.27. The molecule has 0 amide bonds. The molecule has 0 spiro atoms. The Hall–Kier alpha value is -1.42. The molecule has 1 aromatic heterocycles. The fourth-order valence-corrected chi connectivity index (χ4v) is 2.14. The first-order valence-corrected chi connectivity index (χ1v) is 6.00. The van der Waals surface area contributed by atoms with Crippen LogP contribution in [0.3, 0.4) is 0 Å². The standard InChI is InChI=1S/C13H19N2O2/c1-14-7-3-5-11(9-14)13(16)17-12-6-4-8-15(2)10-12/h3,5,7,9,12H,4,6,8,10H2,1-2H3/q+1. The van der Waals surface area contributed by atoms with Crippen molar-refractivity contribution in [3.63, 3.8) is 0 Å². The van der Waals surface area contributed by atoms with Gasteiger partial charge in [0.1, 0.15) is 18.7 Å². The predicted molar refractivity (Wildman–Crippen MR) is 63.6 cm³/mol. The van der Waals surface area contributed by atoms with Crippen molar-refractivity contribution in [3.05, 3.63) is 30.1 Å². The summed E-state index contributed by atoms with van der Waals surface area (Å²) in [6, 6.07) is 3.64. The molecule has 1 fully saturated rings. The Labute approximate surface area is 102 Å². The van der Waals surface area contributed by atoms with Crippen molar-refractivity contribution in [2.24, 2.45) is 7.05 Å². The summed E-state index contributed by atoms with van der Waals surface area (Å²) in [5.74, 6) is -0.221. The molecule has 1 aromatic rings. The van der Waals surface area contributed by atoms with E-state index in [4.69, 9.17) is 4.74 Å². The highest BCUT2D eigenvalue weighted by atomic mass is 16.5. The van der Waals surface area contributed by atoms with Crippen molar-refractivity contribution in [2.75, 3.05) is 20.1 Å². The number of piperidine rings is 1. The van der Waals surface area contributed by atoms with E-state index in [0.29, 0.717) is 5.56 Å². The zero-order chi connectivity index (χ0) is 12.3. The highest BCUT2D eigenvalue weighted by Crippen LogP contribution is 2.13. The van der Waals surface area contributed by atoms with E-state index in [-0.39, 0.29) is 12.1 Å². The first-order chi connectivity index (χ1) is 8.15. The molecule has 4 nitrogen and oxygen atoms in total. The minimum Gasteiger partial charge on any atom is -0.457 e. The maximum absolute atomic E-state index is 11.9. The second-order valence-electron chi connectivity index (χ2n) is 4.69. The average Bonchev–Trinajstić information content (AvgIpc) is 2.29. The van der Waals surface area contributed by atoms with E-state index in [1.807, 2.05) is 23.9 Å². The zero-order valence-electron chi connectivity index (χ0n) is 10.4. The number of hydrogen-bond acceptors (Lipinski definition) is 3. The number of nitrogens with zero attached hydrogens (tertiary/aromatic N) is 2. The molecule has 0 radical (unpaired) electrons. The monoisotopic (exact) mass is 235 g/mol. The van der Waals surface area contributed by atoms with Gasteiger partial charge in [0, 0.05) is 12.6 Å². The molecule has 2 rings (SSSR count). The van der Waals surface area contributed by atoms with E-state index in [1.165, 1.54) is 0 Å². The van der Waals surface area contributed by atoms with Crippen molar-refractivity contribution >= 4 is 5.97 Å². The number of aromatic nitrogens is 1. The number of pyridine rings is 1. The summed E-state index contributed by atoms with van der Waals surface area (Å²) < 4.78 is 7.36. The maximum atomic E-state index is 11.9. The van der Waals surface area contributed by atoms with Crippen LogP contribution in [0.5, 0.6) is 0 Å². The normalized spacial score (nSPS) is 21.2. The number of likely N-dealkylation sites (N-methyl/N-ethyl adjacent to an activating group) is 1. The number of hydrogen-bond donors (Lipinski definition) is 0. The summed E-state index contributed by atoms with van der Waals surface area (Å²) in [4.78, 5) is 14.1. The number of esters is 1. The molecule has 1 aliphatic rings. The van der Waals surface area contributed by atoms with Crippen LogP contribution in [0.25, 0.3) is 0 Å². The first kappa shape index (κ1) is 12.0. The van der Waals surface area contributed by atoms with Gasteiger partial charge in [0.05, 0.1) is 0 Å². The summed E-state index contributed by atoms with van der Waals surface area (Å²) in [5.41, 5.74) is 0.614. The van der Waals surface area contributed by atoms with E-state index in [2.05, 4.69) is 11.9 Å². The van der Waals surface area contributed by atoms with Crippen molar-refractivity contribution in [2.45, 2.75) is 18.9 Å². The number of carbonyl (C=O) groups is 1. The summed E-state index contributed by atoms with van der Waals surface area (Å²) >= 11 is 0. The molecular weight excluding hydrogens is 216 g/mol. The van der Waals surface area contributed by atoms with Crippen LogP contribution in [0, 0.1) is 0 Å². The van der Waals surface area contributed by atoms with Gasteiger partial charge in [-0.25, -0.2) is 9.36 Å². The third kappa shape index (κ3) is 3.27. The first-order valence-electron chi connectivity index (χ1n) is 6.00. The highest BCUT2D eigenvalue weighted by Gasteiger charge is 2.22. The van der Waals surface area contributed by atoms with Gasteiger partial charge in [-0.1, -0.05) is 0 Å². The molecule has 92 valence electrons. The molecule has 17 heavy (non-hydrogen) atoms. The number of aryl methyl sites for hydroxylation is 1. The Bertz CT molecular complexity index is 406. The third-order valence-electron chi connectivity index (χ3n) is 3.03. The van der Waals surface area contributed by atoms with Gasteiger partial charge < -0.3 is 9.64 Å². The van der Waals surface area contributed by atoms with E-state index in [9.17, 15) is 4.79 Å². The van der Waals surface area contributed by atoms with Crippen molar-refractivity contribution in [3.8, 4) is 0 Å². The number of rotatable bonds is 2. The minimum absolute atomic E-state index is 0.0340. The SMILES string of the molecule is CN1CCCC(OC(=O)c2ccc[n+](C)c2)C1. The number of ether oxygens (including phenoxy) is 1. The Morgan fingerprint density at radius 1 is 1.59 bits per heavy atom. The van der Waals surface area contributed by atoms with Crippen LogP contribution in [0.2, 0.25) is 0 Å². The van der Waals surface area contributed by atoms with Gasteiger partial charge in [-0.05, 0) is 32.5 Å². The van der Waals surface area contributed by atoms with Gasteiger partial charge in [0.25, 0.3) is 0 Å². The lowest BCUT2D eigenvalue weighted by atomic mass is 10.1. The third-order valence-corrected chi connectivity index (χ3v) is 3.03. The lowest BCUT2D eigenvalue weighted by molar-refractivity contribution is -0.671.